The fourth-order valence-electron chi connectivity index (χ4n) is 1.26. The first-order chi connectivity index (χ1) is 8.10. The summed E-state index contributed by atoms with van der Waals surface area (Å²) in [5, 5.41) is 3.11. The average molecular weight is 258 g/mol. The first-order valence-corrected chi connectivity index (χ1v) is 6.92. The van der Waals surface area contributed by atoms with E-state index in [1.165, 1.54) is 13.1 Å². The highest BCUT2D eigenvalue weighted by Gasteiger charge is 2.15. The molecule has 17 heavy (non-hydrogen) atoms. The maximum atomic E-state index is 11.4. The van der Waals surface area contributed by atoms with Crippen molar-refractivity contribution in [2.75, 3.05) is 13.6 Å². The molecule has 1 rings (SSSR count). The highest BCUT2D eigenvalue weighted by molar-refractivity contribution is 7.89. The molecule has 96 valence electrons. The van der Waals surface area contributed by atoms with Gasteiger partial charge in [0.15, 0.2) is 0 Å². The van der Waals surface area contributed by atoms with Gasteiger partial charge in [0, 0.05) is 0 Å². The van der Waals surface area contributed by atoms with E-state index in [1.54, 1.807) is 6.07 Å². The topological polar surface area (TPSA) is 71.3 Å². The lowest BCUT2D eigenvalue weighted by Gasteiger charge is -2.00. The first-order valence-electron chi connectivity index (χ1n) is 5.44. The molecule has 0 aliphatic carbocycles. The van der Waals surface area contributed by atoms with Crippen LogP contribution in [0.15, 0.2) is 33.8 Å². The van der Waals surface area contributed by atoms with Crippen LogP contribution in [0, 0.1) is 0 Å². The predicted molar refractivity (Wildman–Crippen MR) is 66.1 cm³/mol. The summed E-state index contributed by atoms with van der Waals surface area (Å²) in [6, 6.07) is 3.11. The molecule has 1 aromatic heterocycles. The van der Waals surface area contributed by atoms with Crippen molar-refractivity contribution >= 4 is 10.0 Å². The molecule has 0 amide bonds. The number of sulfonamides is 1. The lowest BCUT2D eigenvalue weighted by Crippen LogP contribution is -2.18. The Balaban J connectivity index is 2.47. The molecule has 5 nitrogen and oxygen atoms in total. The van der Waals surface area contributed by atoms with Crippen molar-refractivity contribution in [3.05, 3.63) is 30.0 Å². The van der Waals surface area contributed by atoms with Gasteiger partial charge in [0.2, 0.25) is 5.09 Å². The van der Waals surface area contributed by atoms with Crippen molar-refractivity contribution in [2.24, 2.45) is 0 Å². The van der Waals surface area contributed by atoms with E-state index in [0.717, 1.165) is 13.0 Å². The van der Waals surface area contributed by atoms with Crippen LogP contribution >= 0.6 is 0 Å². The van der Waals surface area contributed by atoms with Crippen LogP contribution in [-0.4, -0.2) is 22.0 Å². The summed E-state index contributed by atoms with van der Waals surface area (Å²) in [7, 11) is -2.12. The molecule has 0 aliphatic heterocycles. The zero-order valence-electron chi connectivity index (χ0n) is 10.1. The second kappa shape index (κ2) is 6.58. The second-order valence-electron chi connectivity index (χ2n) is 3.46. The summed E-state index contributed by atoms with van der Waals surface area (Å²) in [6.45, 7) is 3.33. The predicted octanol–water partition coefficient (Wildman–Crippen LogP) is 1.24. The Kier molecular flexibility index (Phi) is 5.40. The maximum absolute atomic E-state index is 11.4. The summed E-state index contributed by atoms with van der Waals surface area (Å²) < 4.78 is 30.2. The molecule has 1 aromatic rings. The molecule has 0 spiro atoms. The molecule has 0 fully saturated rings. The van der Waals surface area contributed by atoms with Crippen LogP contribution in [-0.2, 0) is 16.6 Å². The highest BCUT2D eigenvalue weighted by Crippen LogP contribution is 2.12. The zero-order valence-corrected chi connectivity index (χ0v) is 10.9. The van der Waals surface area contributed by atoms with E-state index in [2.05, 4.69) is 16.1 Å². The van der Waals surface area contributed by atoms with Crippen LogP contribution in [0.25, 0.3) is 0 Å². The molecule has 0 saturated carbocycles. The molecule has 0 atom stereocenters. The summed E-state index contributed by atoms with van der Waals surface area (Å²) in [6.07, 6.45) is 5.00. The standard InChI is InChI=1S/C11H18N2O3S/c1-3-4-5-8-13-9-10-6-7-11(16-10)17(14,15)12-2/h3-4,6-7,12-13H,5,8-9H2,1-2H3/b4-3+. The maximum Gasteiger partial charge on any atom is 0.273 e. The Labute approximate surface area is 102 Å². The Morgan fingerprint density at radius 2 is 2.18 bits per heavy atom. The second-order valence-corrected chi connectivity index (χ2v) is 5.28. The van der Waals surface area contributed by atoms with Crippen molar-refractivity contribution in [3.63, 3.8) is 0 Å². The summed E-state index contributed by atoms with van der Waals surface area (Å²) in [5.41, 5.74) is 0. The molecule has 0 unspecified atom stereocenters. The summed E-state index contributed by atoms with van der Waals surface area (Å²) >= 11 is 0. The minimum atomic E-state index is -3.47. The van der Waals surface area contributed by atoms with Gasteiger partial charge in [0.25, 0.3) is 10.0 Å². The molecule has 0 saturated heterocycles. The third-order valence-electron chi connectivity index (χ3n) is 2.19. The van der Waals surface area contributed by atoms with Crippen LogP contribution in [0.2, 0.25) is 0 Å². The normalized spacial score (nSPS) is 12.4. The minimum Gasteiger partial charge on any atom is -0.447 e. The van der Waals surface area contributed by atoms with E-state index in [1.807, 2.05) is 13.0 Å². The van der Waals surface area contributed by atoms with Crippen LogP contribution < -0.4 is 10.0 Å². The van der Waals surface area contributed by atoms with Crippen molar-refractivity contribution in [2.45, 2.75) is 25.0 Å². The molecule has 2 N–H and O–H groups in total. The van der Waals surface area contributed by atoms with Crippen LogP contribution in [0.3, 0.4) is 0 Å². The Morgan fingerprint density at radius 3 is 2.82 bits per heavy atom. The van der Waals surface area contributed by atoms with Gasteiger partial charge in [0.1, 0.15) is 5.76 Å². The average Bonchev–Trinajstić information content (AvgIpc) is 2.78. The Morgan fingerprint density at radius 1 is 1.41 bits per heavy atom. The van der Waals surface area contributed by atoms with Crippen molar-refractivity contribution in [1.82, 2.24) is 10.0 Å². The lowest BCUT2D eigenvalue weighted by molar-refractivity contribution is 0.401. The van der Waals surface area contributed by atoms with E-state index in [0.29, 0.717) is 12.3 Å². The molecule has 0 aliphatic rings. The molecule has 0 aromatic carbocycles. The van der Waals surface area contributed by atoms with Crippen molar-refractivity contribution in [3.8, 4) is 0 Å². The quantitative estimate of drug-likeness (QED) is 0.570. The Hall–Kier alpha value is -1.11. The van der Waals surface area contributed by atoms with Gasteiger partial charge >= 0.3 is 0 Å². The number of hydrogen-bond acceptors (Lipinski definition) is 4. The fourth-order valence-corrected chi connectivity index (χ4v) is 1.93. The van der Waals surface area contributed by atoms with E-state index in [9.17, 15) is 8.42 Å². The number of furan rings is 1. The number of hydrogen-bond donors (Lipinski definition) is 2. The lowest BCUT2D eigenvalue weighted by atomic mass is 10.3. The molecule has 0 bridgehead atoms. The SMILES string of the molecule is C/C=C/CCNCc1ccc(S(=O)(=O)NC)o1. The fraction of sp³-hybridized carbons (Fsp3) is 0.455. The van der Waals surface area contributed by atoms with Crippen LogP contribution in [0.1, 0.15) is 19.1 Å². The minimum absolute atomic E-state index is 0.0507. The number of nitrogens with one attached hydrogen (secondary N) is 2. The van der Waals surface area contributed by atoms with Gasteiger partial charge < -0.3 is 9.73 Å². The van der Waals surface area contributed by atoms with E-state index in [-0.39, 0.29) is 5.09 Å². The molecular formula is C11H18N2O3S. The Bertz CT molecular complexity index is 463. The van der Waals surface area contributed by atoms with Gasteiger partial charge in [-0.1, -0.05) is 12.2 Å². The van der Waals surface area contributed by atoms with Gasteiger partial charge in [-0.3, -0.25) is 0 Å². The third kappa shape index (κ3) is 4.33. The van der Waals surface area contributed by atoms with E-state index < -0.39 is 10.0 Å². The van der Waals surface area contributed by atoms with Crippen molar-refractivity contribution < 1.29 is 12.8 Å². The first kappa shape index (κ1) is 14.0. The van der Waals surface area contributed by atoms with Gasteiger partial charge in [-0.2, -0.15) is 0 Å². The largest absolute Gasteiger partial charge is 0.447 e. The van der Waals surface area contributed by atoms with E-state index in [4.69, 9.17) is 4.42 Å². The molecule has 1 heterocycles. The van der Waals surface area contributed by atoms with Gasteiger partial charge in [-0.25, -0.2) is 13.1 Å². The third-order valence-corrected chi connectivity index (χ3v) is 3.48. The zero-order chi connectivity index (χ0) is 12.7. The van der Waals surface area contributed by atoms with Gasteiger partial charge in [-0.05, 0) is 39.1 Å². The van der Waals surface area contributed by atoms with E-state index >= 15 is 0 Å². The molecule has 0 radical (unpaired) electrons. The summed E-state index contributed by atoms with van der Waals surface area (Å²) in [4.78, 5) is 0. The van der Waals surface area contributed by atoms with Gasteiger partial charge in [-0.15, -0.1) is 0 Å². The smallest absolute Gasteiger partial charge is 0.273 e. The number of rotatable bonds is 7. The van der Waals surface area contributed by atoms with Crippen LogP contribution in [0.4, 0.5) is 0 Å². The van der Waals surface area contributed by atoms with Gasteiger partial charge in [0.05, 0.1) is 6.54 Å². The molecular weight excluding hydrogens is 240 g/mol. The summed E-state index contributed by atoms with van der Waals surface area (Å²) in [5.74, 6) is 0.610. The molecule has 6 heteroatoms. The number of allylic oxidation sites excluding steroid dienone is 1. The monoisotopic (exact) mass is 258 g/mol. The highest BCUT2D eigenvalue weighted by atomic mass is 32.2. The van der Waals surface area contributed by atoms with Crippen molar-refractivity contribution in [1.29, 1.82) is 0 Å². The van der Waals surface area contributed by atoms with Crippen LogP contribution in [0.5, 0.6) is 0 Å².